The van der Waals surface area contributed by atoms with Crippen LogP contribution in [0.15, 0.2) is 54.6 Å². The number of aliphatic hydroxyl groups is 1. The number of ketones is 1. The highest BCUT2D eigenvalue weighted by atomic mass is 16.5. The Labute approximate surface area is 167 Å². The SMILES string of the molecule is CN(C)c1ccc(CC(OCC(O)CNC2CC2)C(=O)c2ccccc2)cc1. The first-order chi connectivity index (χ1) is 13.5. The molecule has 2 atom stereocenters. The van der Waals surface area contributed by atoms with Crippen LogP contribution in [-0.2, 0) is 11.2 Å². The first-order valence-corrected chi connectivity index (χ1v) is 9.91. The van der Waals surface area contributed by atoms with Gasteiger partial charge in [0.1, 0.15) is 6.10 Å². The van der Waals surface area contributed by atoms with Crippen molar-refractivity contribution < 1.29 is 14.6 Å². The van der Waals surface area contributed by atoms with E-state index in [1.807, 2.05) is 61.5 Å². The summed E-state index contributed by atoms with van der Waals surface area (Å²) in [7, 11) is 3.99. The summed E-state index contributed by atoms with van der Waals surface area (Å²) < 4.78 is 5.90. The molecule has 0 heterocycles. The monoisotopic (exact) mass is 382 g/mol. The van der Waals surface area contributed by atoms with E-state index in [1.165, 1.54) is 12.8 Å². The second-order valence-electron chi connectivity index (χ2n) is 7.65. The van der Waals surface area contributed by atoms with E-state index in [4.69, 9.17) is 4.74 Å². The molecule has 0 aromatic heterocycles. The molecule has 0 spiro atoms. The third-order valence-corrected chi connectivity index (χ3v) is 4.93. The van der Waals surface area contributed by atoms with Crippen LogP contribution in [0, 0.1) is 0 Å². The lowest BCUT2D eigenvalue weighted by molar-refractivity contribution is -0.00178. The fourth-order valence-electron chi connectivity index (χ4n) is 3.04. The third-order valence-electron chi connectivity index (χ3n) is 4.93. The zero-order valence-electron chi connectivity index (χ0n) is 16.7. The molecule has 1 aliphatic rings. The third kappa shape index (κ3) is 6.16. The number of ether oxygens (including phenoxy) is 1. The molecule has 0 amide bonds. The van der Waals surface area contributed by atoms with E-state index < -0.39 is 12.2 Å². The quantitative estimate of drug-likeness (QED) is 0.585. The normalized spacial score (nSPS) is 15.8. The predicted octanol–water partition coefficient (Wildman–Crippen LogP) is 2.68. The average molecular weight is 383 g/mol. The van der Waals surface area contributed by atoms with Crippen LogP contribution in [0.25, 0.3) is 0 Å². The van der Waals surface area contributed by atoms with Crippen molar-refractivity contribution in [2.24, 2.45) is 0 Å². The van der Waals surface area contributed by atoms with Gasteiger partial charge in [0.2, 0.25) is 0 Å². The number of aliphatic hydroxyl groups excluding tert-OH is 1. The van der Waals surface area contributed by atoms with Crippen molar-refractivity contribution in [3.63, 3.8) is 0 Å². The van der Waals surface area contributed by atoms with E-state index >= 15 is 0 Å². The number of benzene rings is 2. The number of carbonyl (C=O) groups excluding carboxylic acids is 1. The minimum atomic E-state index is -0.622. The van der Waals surface area contributed by atoms with Crippen LogP contribution in [0.5, 0.6) is 0 Å². The molecule has 1 fully saturated rings. The Hall–Kier alpha value is -2.21. The topological polar surface area (TPSA) is 61.8 Å². The maximum atomic E-state index is 13.0. The van der Waals surface area contributed by atoms with Gasteiger partial charge in [-0.3, -0.25) is 4.79 Å². The molecule has 3 rings (SSSR count). The summed E-state index contributed by atoms with van der Waals surface area (Å²) in [5, 5.41) is 13.5. The van der Waals surface area contributed by atoms with Crippen LogP contribution in [0.1, 0.15) is 28.8 Å². The Balaban J connectivity index is 1.65. The van der Waals surface area contributed by atoms with E-state index in [9.17, 15) is 9.90 Å². The first kappa shape index (κ1) is 20.5. The van der Waals surface area contributed by atoms with Gasteiger partial charge in [-0.2, -0.15) is 0 Å². The summed E-state index contributed by atoms with van der Waals surface area (Å²) in [5.74, 6) is -0.0559. The van der Waals surface area contributed by atoms with E-state index in [1.54, 1.807) is 12.1 Å². The second-order valence-corrected chi connectivity index (χ2v) is 7.65. The number of anilines is 1. The largest absolute Gasteiger partial charge is 0.389 e. The van der Waals surface area contributed by atoms with Crippen LogP contribution < -0.4 is 10.2 Å². The second kappa shape index (κ2) is 9.82. The van der Waals surface area contributed by atoms with Gasteiger partial charge in [0.25, 0.3) is 0 Å². The number of nitrogens with zero attached hydrogens (tertiary/aromatic N) is 1. The fourth-order valence-corrected chi connectivity index (χ4v) is 3.04. The molecule has 0 aliphatic heterocycles. The highest BCUT2D eigenvalue weighted by molar-refractivity contribution is 5.99. The van der Waals surface area contributed by atoms with Crippen LogP contribution >= 0.6 is 0 Å². The van der Waals surface area contributed by atoms with Crippen LogP contribution in [0.2, 0.25) is 0 Å². The van der Waals surface area contributed by atoms with Gasteiger partial charge < -0.3 is 20.1 Å². The van der Waals surface area contributed by atoms with E-state index in [-0.39, 0.29) is 12.4 Å². The van der Waals surface area contributed by atoms with Crippen molar-refractivity contribution in [3.05, 3.63) is 65.7 Å². The van der Waals surface area contributed by atoms with E-state index in [0.717, 1.165) is 11.3 Å². The molecule has 0 saturated heterocycles. The molecule has 2 aromatic rings. The minimum absolute atomic E-state index is 0.0559. The average Bonchev–Trinajstić information content (AvgIpc) is 3.54. The van der Waals surface area contributed by atoms with Crippen molar-refractivity contribution in [2.75, 3.05) is 32.1 Å². The Morgan fingerprint density at radius 2 is 1.82 bits per heavy atom. The van der Waals surface area contributed by atoms with Crippen LogP contribution in [-0.4, -0.2) is 56.4 Å². The lowest BCUT2D eigenvalue weighted by atomic mass is 9.99. The number of hydrogen-bond donors (Lipinski definition) is 2. The maximum Gasteiger partial charge on any atom is 0.191 e. The summed E-state index contributed by atoms with van der Waals surface area (Å²) in [5.41, 5.74) is 2.77. The van der Waals surface area contributed by atoms with Gasteiger partial charge in [-0.25, -0.2) is 0 Å². The smallest absolute Gasteiger partial charge is 0.191 e. The van der Waals surface area contributed by atoms with Gasteiger partial charge in [0.15, 0.2) is 5.78 Å². The predicted molar refractivity (Wildman–Crippen MR) is 112 cm³/mol. The summed E-state index contributed by atoms with van der Waals surface area (Å²) in [6, 6.07) is 17.9. The molecule has 2 unspecified atom stereocenters. The van der Waals surface area contributed by atoms with E-state index in [2.05, 4.69) is 5.32 Å². The van der Waals surface area contributed by atoms with Crippen LogP contribution in [0.4, 0.5) is 5.69 Å². The molecule has 5 nitrogen and oxygen atoms in total. The van der Waals surface area contributed by atoms with Gasteiger partial charge in [-0.1, -0.05) is 42.5 Å². The molecular formula is C23H30N2O3. The van der Waals surface area contributed by atoms with Gasteiger partial charge in [0.05, 0.1) is 12.7 Å². The highest BCUT2D eigenvalue weighted by Crippen LogP contribution is 2.19. The van der Waals surface area contributed by atoms with Crippen molar-refractivity contribution in [1.29, 1.82) is 0 Å². The molecule has 28 heavy (non-hydrogen) atoms. The Morgan fingerprint density at radius 3 is 2.43 bits per heavy atom. The summed E-state index contributed by atoms with van der Waals surface area (Å²) in [6.07, 6.45) is 1.58. The molecule has 5 heteroatoms. The summed E-state index contributed by atoms with van der Waals surface area (Å²) >= 11 is 0. The lowest BCUT2D eigenvalue weighted by Gasteiger charge is -2.20. The number of hydrogen-bond acceptors (Lipinski definition) is 5. The number of nitrogens with one attached hydrogen (secondary N) is 1. The lowest BCUT2D eigenvalue weighted by Crippen LogP contribution is -2.35. The molecule has 0 radical (unpaired) electrons. The van der Waals surface area contributed by atoms with Gasteiger partial charge >= 0.3 is 0 Å². The highest BCUT2D eigenvalue weighted by Gasteiger charge is 2.24. The van der Waals surface area contributed by atoms with Crippen molar-refractivity contribution in [1.82, 2.24) is 5.32 Å². The first-order valence-electron chi connectivity index (χ1n) is 9.91. The molecule has 0 bridgehead atoms. The molecule has 1 aliphatic carbocycles. The maximum absolute atomic E-state index is 13.0. The zero-order valence-corrected chi connectivity index (χ0v) is 16.7. The Bertz CT molecular complexity index is 742. The van der Waals surface area contributed by atoms with Crippen LogP contribution in [0.3, 0.4) is 0 Å². The Kier molecular flexibility index (Phi) is 7.20. The van der Waals surface area contributed by atoms with Gasteiger partial charge in [-0.05, 0) is 30.5 Å². The molecule has 150 valence electrons. The minimum Gasteiger partial charge on any atom is -0.389 e. The standard InChI is InChI=1S/C23H30N2O3/c1-25(2)20-12-8-17(9-13-20)14-22(23(27)18-6-4-3-5-7-18)28-16-21(26)15-24-19-10-11-19/h3-9,12-13,19,21-22,24,26H,10-11,14-16H2,1-2H3. The number of carbonyl (C=O) groups is 1. The van der Waals surface area contributed by atoms with Crippen molar-refractivity contribution >= 4 is 11.5 Å². The molecule has 1 saturated carbocycles. The molecular weight excluding hydrogens is 352 g/mol. The zero-order chi connectivity index (χ0) is 19.9. The number of Topliss-reactive ketones (excluding diaryl/α,β-unsaturated/α-hetero) is 1. The molecule has 2 aromatic carbocycles. The summed E-state index contributed by atoms with van der Waals surface area (Å²) in [6.45, 7) is 0.632. The fraction of sp³-hybridized carbons (Fsp3) is 0.435. The Morgan fingerprint density at radius 1 is 1.14 bits per heavy atom. The van der Waals surface area contributed by atoms with E-state index in [0.29, 0.717) is 24.6 Å². The summed E-state index contributed by atoms with van der Waals surface area (Å²) in [4.78, 5) is 15.0. The molecule has 2 N–H and O–H groups in total. The van der Waals surface area contributed by atoms with Crippen molar-refractivity contribution in [3.8, 4) is 0 Å². The number of rotatable bonds is 11. The van der Waals surface area contributed by atoms with Crippen molar-refractivity contribution in [2.45, 2.75) is 37.5 Å². The van der Waals surface area contributed by atoms with Gasteiger partial charge in [0, 0.05) is 44.4 Å². The van der Waals surface area contributed by atoms with Gasteiger partial charge in [-0.15, -0.1) is 0 Å².